The van der Waals surface area contributed by atoms with Crippen LogP contribution in [0.4, 0.5) is 17.6 Å². The molecule has 2 saturated heterocycles. The quantitative estimate of drug-likeness (QED) is 0.0871. The number of hydrogen-bond donors (Lipinski definition) is 2. The number of nitrogens with zero attached hydrogens (tertiary/aromatic N) is 11. The molecular formula is C92H70ClF4N13O6. The lowest BCUT2D eigenvalue weighted by atomic mass is 9.99. The van der Waals surface area contributed by atoms with Crippen molar-refractivity contribution in [1.82, 2.24) is 63.3 Å². The number of aryl methyl sites for hydroxylation is 1. The van der Waals surface area contributed by atoms with E-state index in [-0.39, 0.29) is 35.2 Å². The van der Waals surface area contributed by atoms with E-state index in [1.165, 1.54) is 48.5 Å². The number of benzene rings is 12. The molecule has 0 unspecified atom stereocenters. The number of amides is 1. The third kappa shape index (κ3) is 16.6. The second-order valence-electron chi connectivity index (χ2n) is 27.3. The van der Waals surface area contributed by atoms with E-state index >= 15 is 0 Å². The summed E-state index contributed by atoms with van der Waals surface area (Å²) < 4.78 is 91.1. The van der Waals surface area contributed by atoms with E-state index < -0.39 is 0 Å². The summed E-state index contributed by atoms with van der Waals surface area (Å²) >= 11 is 6.41. The van der Waals surface area contributed by atoms with Crippen molar-refractivity contribution < 1.29 is 46.0 Å². The number of carbonyl (C=O) groups excluding carboxylic acids is 1. The van der Waals surface area contributed by atoms with E-state index in [0.717, 1.165) is 123 Å². The van der Waals surface area contributed by atoms with Gasteiger partial charge in [-0.15, -0.1) is 0 Å². The molecule has 24 heteroatoms. The summed E-state index contributed by atoms with van der Waals surface area (Å²) in [6.07, 6.45) is 8.35. The van der Waals surface area contributed by atoms with Crippen molar-refractivity contribution in [3.63, 3.8) is 0 Å². The van der Waals surface area contributed by atoms with Crippen molar-refractivity contribution >= 4 is 61.6 Å². The Labute approximate surface area is 666 Å². The van der Waals surface area contributed by atoms with Crippen LogP contribution in [0.2, 0.25) is 5.02 Å². The molecule has 8 heterocycles. The summed E-state index contributed by atoms with van der Waals surface area (Å²) in [6.45, 7) is 1.55. The maximum absolute atomic E-state index is 13.1. The van der Waals surface area contributed by atoms with Gasteiger partial charge in [-0.1, -0.05) is 60.1 Å². The molecule has 6 aromatic heterocycles. The number of fused-ring (bicyclic) bond motifs is 4. The minimum Gasteiger partial charge on any atom is -0.457 e. The number of halogens is 5. The number of carbonyl (C=O) groups is 1. The van der Waals surface area contributed by atoms with Crippen LogP contribution in [-0.2, 0) is 16.6 Å². The third-order valence-corrected chi connectivity index (χ3v) is 19.8. The fraction of sp³-hybridized carbons (Fsp3) is 0.0978. The number of aromatic nitrogens is 12. The lowest BCUT2D eigenvalue weighted by Crippen LogP contribution is -2.21. The van der Waals surface area contributed by atoms with Crippen LogP contribution in [0, 0.1) is 23.3 Å². The molecule has 116 heavy (non-hydrogen) atoms. The summed E-state index contributed by atoms with van der Waals surface area (Å²) in [5.41, 5.74) is 12.9. The highest BCUT2D eigenvalue weighted by atomic mass is 35.5. The topological polar surface area (TPSA) is 193 Å². The predicted molar refractivity (Wildman–Crippen MR) is 438 cm³/mol. The van der Waals surface area contributed by atoms with E-state index in [2.05, 4.69) is 46.2 Å². The molecule has 12 aromatic carbocycles. The Morgan fingerprint density at radius 2 is 0.741 bits per heavy atom. The molecule has 0 radical (unpaired) electrons. The van der Waals surface area contributed by atoms with E-state index in [1.54, 1.807) is 71.9 Å². The van der Waals surface area contributed by atoms with Crippen LogP contribution in [-0.4, -0.2) is 77.1 Å². The van der Waals surface area contributed by atoms with E-state index in [4.69, 9.17) is 55.2 Å². The van der Waals surface area contributed by atoms with Crippen molar-refractivity contribution in [2.24, 2.45) is 7.05 Å². The first-order chi connectivity index (χ1) is 56.8. The molecule has 2 aliphatic heterocycles. The highest BCUT2D eigenvalue weighted by Gasteiger charge is 2.29. The summed E-state index contributed by atoms with van der Waals surface area (Å²) in [6, 6.07) is 86.5. The van der Waals surface area contributed by atoms with Gasteiger partial charge in [0.1, 0.15) is 92.3 Å². The maximum atomic E-state index is 13.1. The number of imidazole rings is 5. The van der Waals surface area contributed by atoms with Crippen LogP contribution in [0.3, 0.4) is 0 Å². The SMILES string of the molecule is Cn1cc(Cl)c(-c2nc3ccccc3n2-c2ccc(Oc3ccc(F)cc3)cc2)n1.Fc1ccc(Oc2ccc(-n3c(-c4cnc[nH]4)nc4ccccc43)cc2)cc1.Fc1ccc(Oc2ccc(-n3c(C4CCOCC4)nc4ccccc43)cc2)cc1.O=C1CC[C@@H](c2nc3ccccc3n2-c2ccc(Oc3ccc(F)cc3)cc2)N1. The largest absolute Gasteiger partial charge is 0.457 e. The minimum absolute atomic E-state index is 0.0525. The summed E-state index contributed by atoms with van der Waals surface area (Å²) in [4.78, 5) is 38.2. The second kappa shape index (κ2) is 33.5. The first-order valence-electron chi connectivity index (χ1n) is 37.4. The van der Waals surface area contributed by atoms with E-state index in [9.17, 15) is 22.4 Å². The van der Waals surface area contributed by atoms with Gasteiger partial charge in [0.2, 0.25) is 5.91 Å². The Morgan fingerprint density at radius 3 is 1.10 bits per heavy atom. The number of rotatable bonds is 16. The third-order valence-electron chi connectivity index (χ3n) is 19.5. The molecule has 0 spiro atoms. The van der Waals surface area contributed by atoms with Gasteiger partial charge in [-0.2, -0.15) is 5.10 Å². The Hall–Kier alpha value is -14.4. The van der Waals surface area contributed by atoms with E-state index in [0.29, 0.717) is 74.9 Å². The van der Waals surface area contributed by atoms with Gasteiger partial charge < -0.3 is 34.0 Å². The van der Waals surface area contributed by atoms with Crippen LogP contribution in [0.25, 0.3) is 89.9 Å². The number of para-hydroxylation sites is 8. The van der Waals surface area contributed by atoms with Gasteiger partial charge in [0.25, 0.3) is 0 Å². The number of hydrogen-bond acceptors (Lipinski definition) is 12. The Balaban J connectivity index is 0.000000111. The normalized spacial score (nSPS) is 13.3. The standard InChI is InChI=1S/C24H21FN2O2.C23H16ClFN4O.C23H18FN3O2.C22H15FN4O/c25-18-5-9-20(10-6-18)29-21-11-7-19(8-12-21)27-23-4-2-1-3-22(23)26-24(27)17-13-15-28-16-14-17;1-28-14-19(24)22(27-28)23-26-20-4-2-3-5-21(20)29(23)16-8-12-18(13-9-16)30-17-10-6-15(25)7-11-17;24-15-5-9-17(10-6-15)29-18-11-7-16(8-12-18)27-21-4-2-1-3-19(21)26-23(27)20-13-14-22(28)25-20;23-15-5-9-17(10-6-15)28-18-11-7-16(8-12-18)27-21-4-2-1-3-19(21)26-22(27)20-13-24-14-25-20/h1-12,17H,13-16H2;2-14H,1H3;1-12,20H,13-14H2,(H,25,28);1-14H,(H,24,25)/t;;20-;/m..0./s1. The Kier molecular flexibility index (Phi) is 21.5. The van der Waals surface area contributed by atoms with Gasteiger partial charge in [-0.3, -0.25) is 27.7 Å². The fourth-order valence-electron chi connectivity index (χ4n) is 14.0. The van der Waals surface area contributed by atoms with Crippen molar-refractivity contribution in [3.8, 4) is 91.8 Å². The molecule has 574 valence electrons. The molecule has 2 N–H and O–H groups in total. The number of H-pyrrole nitrogens is 1. The van der Waals surface area contributed by atoms with Gasteiger partial charge in [0, 0.05) is 61.5 Å². The second-order valence-corrected chi connectivity index (χ2v) is 27.7. The summed E-state index contributed by atoms with van der Waals surface area (Å²) in [7, 11) is 1.82. The average molecular weight is 1570 g/mol. The van der Waals surface area contributed by atoms with Gasteiger partial charge in [-0.05, 0) is 262 Å². The fourth-order valence-corrected chi connectivity index (χ4v) is 14.3. The molecule has 0 aliphatic carbocycles. The van der Waals surface area contributed by atoms with Crippen molar-refractivity contribution in [2.75, 3.05) is 13.2 Å². The van der Waals surface area contributed by atoms with Gasteiger partial charge >= 0.3 is 0 Å². The summed E-state index contributed by atoms with van der Waals surface area (Å²) in [5.74, 6) is 7.62. The van der Waals surface area contributed by atoms with Gasteiger partial charge in [-0.25, -0.2) is 42.5 Å². The first-order valence-corrected chi connectivity index (χ1v) is 37.8. The molecule has 2 fully saturated rings. The van der Waals surface area contributed by atoms with Crippen LogP contribution in [0.1, 0.15) is 49.3 Å². The van der Waals surface area contributed by atoms with Crippen LogP contribution in [0.5, 0.6) is 46.0 Å². The number of ether oxygens (including phenoxy) is 5. The zero-order chi connectivity index (χ0) is 79.0. The maximum Gasteiger partial charge on any atom is 0.220 e. The Morgan fingerprint density at radius 1 is 0.405 bits per heavy atom. The lowest BCUT2D eigenvalue weighted by molar-refractivity contribution is -0.119. The van der Waals surface area contributed by atoms with Gasteiger partial charge in [0.15, 0.2) is 11.6 Å². The number of nitrogens with one attached hydrogen (secondary N) is 2. The highest BCUT2D eigenvalue weighted by molar-refractivity contribution is 6.33. The van der Waals surface area contributed by atoms with Crippen LogP contribution in [0.15, 0.2) is 310 Å². The van der Waals surface area contributed by atoms with Gasteiger partial charge in [0.05, 0.1) is 67.7 Å². The molecular weight excluding hydrogens is 1490 g/mol. The average Bonchev–Trinajstić information content (AvgIpc) is 1.62. The molecule has 18 aromatic rings. The van der Waals surface area contributed by atoms with Crippen molar-refractivity contribution in [3.05, 3.63) is 350 Å². The van der Waals surface area contributed by atoms with E-state index in [1.807, 2.05) is 194 Å². The smallest absolute Gasteiger partial charge is 0.220 e. The molecule has 2 aliphatic rings. The summed E-state index contributed by atoms with van der Waals surface area (Å²) in [5, 5.41) is 8.03. The highest BCUT2D eigenvalue weighted by Crippen LogP contribution is 2.38. The zero-order valence-corrected chi connectivity index (χ0v) is 62.9. The predicted octanol–water partition coefficient (Wildman–Crippen LogP) is 22.1. The molecule has 1 atom stereocenters. The van der Waals surface area contributed by atoms with Crippen LogP contribution < -0.4 is 24.3 Å². The first kappa shape index (κ1) is 74.3. The lowest BCUT2D eigenvalue weighted by Gasteiger charge is -2.22. The Bertz CT molecular complexity index is 6430. The molecule has 1 amide bonds. The molecule has 19 nitrogen and oxygen atoms in total. The number of aromatic amines is 1. The molecule has 20 rings (SSSR count). The molecule has 0 bridgehead atoms. The van der Waals surface area contributed by atoms with Crippen molar-refractivity contribution in [2.45, 2.75) is 37.6 Å². The van der Waals surface area contributed by atoms with Crippen LogP contribution >= 0.6 is 11.6 Å². The monoisotopic (exact) mass is 1560 g/mol. The molecule has 0 saturated carbocycles. The van der Waals surface area contributed by atoms with Crippen molar-refractivity contribution in [1.29, 1.82) is 0 Å². The minimum atomic E-state index is -0.301. The zero-order valence-electron chi connectivity index (χ0n) is 62.1.